The summed E-state index contributed by atoms with van der Waals surface area (Å²) in [7, 11) is 0. The highest BCUT2D eigenvalue weighted by atomic mass is 16.3. The number of anilines is 1. The van der Waals surface area contributed by atoms with E-state index >= 15 is 0 Å². The average molecular weight is 244 g/mol. The van der Waals surface area contributed by atoms with Crippen molar-refractivity contribution in [2.45, 2.75) is 12.3 Å². The van der Waals surface area contributed by atoms with Gasteiger partial charge in [0.05, 0.1) is 36.5 Å². The molecule has 0 aliphatic heterocycles. The van der Waals surface area contributed by atoms with Crippen LogP contribution in [-0.4, -0.2) is 25.4 Å². The summed E-state index contributed by atoms with van der Waals surface area (Å²) in [5.74, 6) is 0.414. The van der Waals surface area contributed by atoms with Crippen LogP contribution in [0, 0.1) is 0 Å². The molecule has 3 heterocycles. The van der Waals surface area contributed by atoms with Crippen molar-refractivity contribution < 1.29 is 4.42 Å². The predicted octanol–water partition coefficient (Wildman–Crippen LogP) is 1.08. The van der Waals surface area contributed by atoms with Crippen LogP contribution in [0.3, 0.4) is 0 Å². The number of rotatable bonds is 4. The molecule has 0 aromatic carbocycles. The fourth-order valence-corrected chi connectivity index (χ4v) is 1.93. The first-order valence-corrected chi connectivity index (χ1v) is 5.50. The highest BCUT2D eigenvalue weighted by Gasteiger charge is 2.20. The number of aromatic nitrogens is 5. The smallest absolute Gasteiger partial charge is 0.197 e. The van der Waals surface area contributed by atoms with Crippen LogP contribution in [0.25, 0.3) is 0 Å². The van der Waals surface area contributed by atoms with Crippen molar-refractivity contribution in [1.29, 1.82) is 0 Å². The van der Waals surface area contributed by atoms with Gasteiger partial charge in [0.1, 0.15) is 0 Å². The SMILES string of the molecule is Nc1ncc(C(Cc2ccoc2)c2cn[nH]n2)[nH]1. The zero-order valence-corrected chi connectivity index (χ0v) is 9.50. The van der Waals surface area contributed by atoms with Crippen LogP contribution >= 0.6 is 0 Å². The molecule has 3 aromatic rings. The third-order valence-corrected chi connectivity index (χ3v) is 2.80. The minimum absolute atomic E-state index is 0.0196. The Kier molecular flexibility index (Phi) is 2.56. The van der Waals surface area contributed by atoms with E-state index in [1.54, 1.807) is 24.9 Å². The van der Waals surface area contributed by atoms with E-state index in [0.717, 1.165) is 23.4 Å². The van der Waals surface area contributed by atoms with Crippen LogP contribution in [0.5, 0.6) is 0 Å². The van der Waals surface area contributed by atoms with Crippen molar-refractivity contribution in [1.82, 2.24) is 25.4 Å². The second kappa shape index (κ2) is 4.36. The second-order valence-corrected chi connectivity index (χ2v) is 4.01. The van der Waals surface area contributed by atoms with Gasteiger partial charge in [0.25, 0.3) is 0 Å². The Bertz CT molecular complexity index is 597. The van der Waals surface area contributed by atoms with Gasteiger partial charge >= 0.3 is 0 Å². The molecule has 1 atom stereocenters. The van der Waals surface area contributed by atoms with E-state index in [9.17, 15) is 0 Å². The van der Waals surface area contributed by atoms with Gasteiger partial charge in [0.2, 0.25) is 0 Å². The normalized spacial score (nSPS) is 12.7. The molecular formula is C11H12N6O. The number of hydrogen-bond donors (Lipinski definition) is 3. The Balaban J connectivity index is 1.93. The third kappa shape index (κ3) is 1.97. The first kappa shape index (κ1) is 10.6. The molecule has 1 unspecified atom stereocenters. The van der Waals surface area contributed by atoms with Crippen LogP contribution in [0.2, 0.25) is 0 Å². The average Bonchev–Trinajstić information content (AvgIpc) is 3.09. The zero-order valence-electron chi connectivity index (χ0n) is 9.50. The number of H-pyrrole nitrogens is 2. The molecule has 18 heavy (non-hydrogen) atoms. The van der Waals surface area contributed by atoms with E-state index in [1.807, 2.05) is 6.07 Å². The number of nitrogen functional groups attached to an aromatic ring is 1. The summed E-state index contributed by atoms with van der Waals surface area (Å²) in [6.07, 6.45) is 7.52. The Morgan fingerprint density at radius 2 is 2.33 bits per heavy atom. The van der Waals surface area contributed by atoms with Gasteiger partial charge in [-0.15, -0.1) is 0 Å². The number of nitrogens with zero attached hydrogens (tertiary/aromatic N) is 3. The fourth-order valence-electron chi connectivity index (χ4n) is 1.93. The summed E-state index contributed by atoms with van der Waals surface area (Å²) < 4.78 is 5.08. The standard InChI is InChI=1S/C11H12N6O/c12-11-13-4-9(15-11)8(10-5-14-17-16-10)3-7-1-2-18-6-7/h1-2,4-6,8H,3H2,(H3,12,13,15)(H,14,16,17). The molecule has 0 amide bonds. The van der Waals surface area contributed by atoms with E-state index < -0.39 is 0 Å². The Hall–Kier alpha value is -2.57. The number of furan rings is 1. The minimum atomic E-state index is 0.0196. The molecule has 0 aliphatic carbocycles. The van der Waals surface area contributed by atoms with E-state index in [2.05, 4.69) is 25.4 Å². The van der Waals surface area contributed by atoms with Gasteiger partial charge in [-0.25, -0.2) is 4.98 Å². The van der Waals surface area contributed by atoms with Crippen LogP contribution in [-0.2, 0) is 6.42 Å². The summed E-state index contributed by atoms with van der Waals surface area (Å²) >= 11 is 0. The lowest BCUT2D eigenvalue weighted by Gasteiger charge is -2.10. The summed E-state index contributed by atoms with van der Waals surface area (Å²) in [5.41, 5.74) is 8.43. The van der Waals surface area contributed by atoms with Crippen molar-refractivity contribution >= 4 is 5.95 Å². The summed E-state index contributed by atoms with van der Waals surface area (Å²) in [5, 5.41) is 10.6. The lowest BCUT2D eigenvalue weighted by Crippen LogP contribution is -2.06. The number of imidazole rings is 1. The quantitative estimate of drug-likeness (QED) is 0.636. The maximum absolute atomic E-state index is 5.61. The highest BCUT2D eigenvalue weighted by Crippen LogP contribution is 2.25. The van der Waals surface area contributed by atoms with Gasteiger partial charge in [0.15, 0.2) is 5.95 Å². The van der Waals surface area contributed by atoms with Crippen molar-refractivity contribution in [2.24, 2.45) is 0 Å². The molecule has 92 valence electrons. The molecule has 4 N–H and O–H groups in total. The maximum Gasteiger partial charge on any atom is 0.197 e. The highest BCUT2D eigenvalue weighted by molar-refractivity contribution is 5.28. The van der Waals surface area contributed by atoms with E-state index in [1.165, 1.54) is 0 Å². The molecule has 0 saturated carbocycles. The minimum Gasteiger partial charge on any atom is -0.472 e. The van der Waals surface area contributed by atoms with Gasteiger partial charge in [-0.05, 0) is 18.1 Å². The van der Waals surface area contributed by atoms with Crippen LogP contribution in [0.1, 0.15) is 22.9 Å². The molecule has 3 aromatic heterocycles. The van der Waals surface area contributed by atoms with E-state index in [4.69, 9.17) is 10.2 Å². The molecule has 0 fully saturated rings. The molecule has 0 radical (unpaired) electrons. The molecule has 0 bridgehead atoms. The number of nitrogens with one attached hydrogen (secondary N) is 2. The first-order chi connectivity index (χ1) is 8.83. The number of nitrogens with two attached hydrogens (primary N) is 1. The van der Waals surface area contributed by atoms with E-state index in [0.29, 0.717) is 5.95 Å². The summed E-state index contributed by atoms with van der Waals surface area (Å²) in [6, 6.07) is 1.92. The Labute approximate surface area is 102 Å². The fraction of sp³-hybridized carbons (Fsp3) is 0.182. The van der Waals surface area contributed by atoms with Crippen LogP contribution in [0.4, 0.5) is 5.95 Å². The first-order valence-electron chi connectivity index (χ1n) is 5.50. The van der Waals surface area contributed by atoms with Gasteiger partial charge in [0, 0.05) is 5.69 Å². The second-order valence-electron chi connectivity index (χ2n) is 4.01. The summed E-state index contributed by atoms with van der Waals surface area (Å²) in [4.78, 5) is 7.05. The Morgan fingerprint density at radius 1 is 1.39 bits per heavy atom. The maximum atomic E-state index is 5.61. The van der Waals surface area contributed by atoms with Gasteiger partial charge in [-0.3, -0.25) is 0 Å². The predicted molar refractivity (Wildman–Crippen MR) is 63.6 cm³/mol. The molecule has 7 heteroatoms. The van der Waals surface area contributed by atoms with Crippen molar-refractivity contribution in [3.63, 3.8) is 0 Å². The lowest BCUT2D eigenvalue weighted by atomic mass is 9.95. The van der Waals surface area contributed by atoms with Crippen LogP contribution in [0.15, 0.2) is 35.4 Å². The van der Waals surface area contributed by atoms with Crippen molar-refractivity contribution in [2.75, 3.05) is 5.73 Å². The number of aromatic amines is 2. The molecule has 0 saturated heterocycles. The zero-order chi connectivity index (χ0) is 12.4. The third-order valence-electron chi connectivity index (χ3n) is 2.80. The van der Waals surface area contributed by atoms with E-state index in [-0.39, 0.29) is 5.92 Å². The molecule has 0 aliphatic rings. The van der Waals surface area contributed by atoms with Gasteiger partial charge in [-0.2, -0.15) is 15.4 Å². The summed E-state index contributed by atoms with van der Waals surface area (Å²) in [6.45, 7) is 0. The molecule has 0 spiro atoms. The van der Waals surface area contributed by atoms with Crippen LogP contribution < -0.4 is 5.73 Å². The lowest BCUT2D eigenvalue weighted by molar-refractivity contribution is 0.562. The largest absolute Gasteiger partial charge is 0.472 e. The van der Waals surface area contributed by atoms with Gasteiger partial charge < -0.3 is 15.1 Å². The monoisotopic (exact) mass is 244 g/mol. The van der Waals surface area contributed by atoms with Crippen molar-refractivity contribution in [3.8, 4) is 0 Å². The molecular weight excluding hydrogens is 232 g/mol. The number of hydrogen-bond acceptors (Lipinski definition) is 5. The van der Waals surface area contributed by atoms with Gasteiger partial charge in [-0.1, -0.05) is 0 Å². The van der Waals surface area contributed by atoms with Crippen molar-refractivity contribution in [3.05, 3.63) is 47.9 Å². The molecule has 3 rings (SSSR count). The topological polar surface area (TPSA) is 109 Å². The Morgan fingerprint density at radius 3 is 2.94 bits per heavy atom. The molecule has 7 nitrogen and oxygen atoms in total.